The summed E-state index contributed by atoms with van der Waals surface area (Å²) in [5.41, 5.74) is 2.24. The van der Waals surface area contributed by atoms with Gasteiger partial charge < -0.3 is 4.74 Å². The van der Waals surface area contributed by atoms with Crippen molar-refractivity contribution in [1.82, 2.24) is 0 Å². The van der Waals surface area contributed by atoms with Gasteiger partial charge in [0.15, 0.2) is 0 Å². The van der Waals surface area contributed by atoms with Gasteiger partial charge in [-0.15, -0.1) is 0 Å². The van der Waals surface area contributed by atoms with Crippen molar-refractivity contribution in [2.75, 3.05) is 4.90 Å². The summed E-state index contributed by atoms with van der Waals surface area (Å²) in [6, 6.07) is 21.9. The minimum Gasteiger partial charge on any atom is -0.488 e. The van der Waals surface area contributed by atoms with Gasteiger partial charge in [-0.2, -0.15) is 0 Å². The number of hydrogen-bond acceptors (Lipinski definition) is 4. The number of nitrogens with zero attached hydrogens (tertiary/aromatic N) is 1. The Morgan fingerprint density at radius 1 is 1.00 bits per heavy atom. The molecule has 1 aliphatic heterocycles. The summed E-state index contributed by atoms with van der Waals surface area (Å²) in [5, 5.41) is 0.343. The first-order valence-electron chi connectivity index (χ1n) is 9.02. The molecule has 0 unspecified atom stereocenters. The first kappa shape index (κ1) is 20.7. The number of carbonyl (C=O) groups excluding carboxylic acids is 2. The van der Waals surface area contributed by atoms with Crippen LogP contribution in [0, 0.1) is 0 Å². The van der Waals surface area contributed by atoms with E-state index in [4.69, 9.17) is 16.3 Å². The third kappa shape index (κ3) is 4.46. The summed E-state index contributed by atoms with van der Waals surface area (Å²) in [6.45, 7) is 0.341. The van der Waals surface area contributed by atoms with E-state index >= 15 is 0 Å². The van der Waals surface area contributed by atoms with Gasteiger partial charge in [-0.3, -0.25) is 9.59 Å². The third-order valence-electron chi connectivity index (χ3n) is 4.40. The minimum absolute atomic E-state index is 0.309. The van der Waals surface area contributed by atoms with Crippen LogP contribution >= 0.6 is 39.3 Å². The van der Waals surface area contributed by atoms with Gasteiger partial charge in [0, 0.05) is 10.6 Å². The van der Waals surface area contributed by atoms with Crippen molar-refractivity contribution in [3.05, 3.63) is 98.3 Å². The number of imide groups is 1. The Hall–Kier alpha value is -2.54. The highest BCUT2D eigenvalue weighted by molar-refractivity contribution is 9.10. The highest BCUT2D eigenvalue weighted by atomic mass is 79.9. The maximum absolute atomic E-state index is 12.7. The minimum atomic E-state index is -0.327. The Kier molecular flexibility index (Phi) is 6.27. The number of thioether (sulfide) groups is 1. The molecule has 2 amide bonds. The Bertz CT molecular complexity index is 1150. The van der Waals surface area contributed by atoms with Gasteiger partial charge in [0.1, 0.15) is 12.4 Å². The van der Waals surface area contributed by atoms with Crippen molar-refractivity contribution < 1.29 is 14.3 Å². The predicted octanol–water partition coefficient (Wildman–Crippen LogP) is 6.92. The zero-order valence-corrected chi connectivity index (χ0v) is 18.7. The molecule has 150 valence electrons. The smallest absolute Gasteiger partial charge is 0.298 e. The van der Waals surface area contributed by atoms with Crippen LogP contribution in [0.2, 0.25) is 5.02 Å². The predicted molar refractivity (Wildman–Crippen MR) is 125 cm³/mol. The standard InChI is InChI=1S/C23H15BrClNO3S/c24-18-12-15(10-11-20(18)29-14-16-6-4-5-9-19(16)25)13-21-22(27)26(23(28)30-21)17-7-2-1-3-8-17/h1-13H,14H2/b21-13-. The molecular weight excluding hydrogens is 486 g/mol. The quantitative estimate of drug-likeness (QED) is 0.357. The van der Waals surface area contributed by atoms with Gasteiger partial charge in [-0.05, 0) is 69.7 Å². The fourth-order valence-corrected chi connectivity index (χ4v) is 4.46. The van der Waals surface area contributed by atoms with Gasteiger partial charge in [0.25, 0.3) is 11.1 Å². The molecular formula is C23H15BrClNO3S. The van der Waals surface area contributed by atoms with E-state index in [-0.39, 0.29) is 11.1 Å². The highest BCUT2D eigenvalue weighted by Crippen LogP contribution is 2.36. The molecule has 1 fully saturated rings. The molecule has 1 aliphatic rings. The number of anilines is 1. The molecule has 0 radical (unpaired) electrons. The second-order valence-electron chi connectivity index (χ2n) is 6.42. The molecule has 0 aliphatic carbocycles. The highest BCUT2D eigenvalue weighted by Gasteiger charge is 2.36. The van der Waals surface area contributed by atoms with E-state index in [1.54, 1.807) is 30.3 Å². The Morgan fingerprint density at radius 2 is 1.73 bits per heavy atom. The van der Waals surface area contributed by atoms with E-state index in [0.717, 1.165) is 27.4 Å². The van der Waals surface area contributed by atoms with E-state index in [2.05, 4.69) is 15.9 Å². The van der Waals surface area contributed by atoms with Crippen molar-refractivity contribution in [2.24, 2.45) is 0 Å². The number of amides is 2. The lowest BCUT2D eigenvalue weighted by Crippen LogP contribution is -2.27. The summed E-state index contributed by atoms with van der Waals surface area (Å²) in [7, 11) is 0. The zero-order valence-electron chi connectivity index (χ0n) is 15.5. The Morgan fingerprint density at radius 3 is 2.47 bits per heavy atom. The molecule has 0 spiro atoms. The van der Waals surface area contributed by atoms with E-state index in [1.807, 2.05) is 48.5 Å². The van der Waals surface area contributed by atoms with Gasteiger partial charge in [-0.25, -0.2) is 4.90 Å². The molecule has 0 aromatic heterocycles. The molecule has 0 bridgehead atoms. The Labute approximate surface area is 191 Å². The van der Waals surface area contributed by atoms with Crippen molar-refractivity contribution in [2.45, 2.75) is 6.61 Å². The van der Waals surface area contributed by atoms with Gasteiger partial charge >= 0.3 is 0 Å². The van der Waals surface area contributed by atoms with E-state index in [0.29, 0.717) is 28.0 Å². The molecule has 4 nitrogen and oxygen atoms in total. The lowest BCUT2D eigenvalue weighted by Gasteiger charge is -2.11. The van der Waals surface area contributed by atoms with Gasteiger partial charge in [0.05, 0.1) is 15.1 Å². The van der Waals surface area contributed by atoms with E-state index in [9.17, 15) is 9.59 Å². The third-order valence-corrected chi connectivity index (χ3v) is 6.26. The molecule has 4 rings (SSSR count). The average molecular weight is 501 g/mol. The maximum atomic E-state index is 12.7. The lowest BCUT2D eigenvalue weighted by molar-refractivity contribution is -0.113. The van der Waals surface area contributed by atoms with Crippen LogP contribution in [-0.4, -0.2) is 11.1 Å². The van der Waals surface area contributed by atoms with Crippen molar-refractivity contribution >= 4 is 62.2 Å². The van der Waals surface area contributed by atoms with Gasteiger partial charge in [0.2, 0.25) is 0 Å². The van der Waals surface area contributed by atoms with Crippen molar-refractivity contribution in [3.63, 3.8) is 0 Å². The number of benzene rings is 3. The fourth-order valence-electron chi connectivity index (χ4n) is 2.91. The van der Waals surface area contributed by atoms with Crippen LogP contribution in [0.3, 0.4) is 0 Å². The van der Waals surface area contributed by atoms with Crippen molar-refractivity contribution in [1.29, 1.82) is 0 Å². The Balaban J connectivity index is 1.50. The molecule has 1 saturated heterocycles. The topological polar surface area (TPSA) is 46.6 Å². The summed E-state index contributed by atoms with van der Waals surface area (Å²) in [4.78, 5) is 26.6. The van der Waals surface area contributed by atoms with Crippen LogP contribution in [0.5, 0.6) is 5.75 Å². The van der Waals surface area contributed by atoms with Crippen LogP contribution in [0.1, 0.15) is 11.1 Å². The second-order valence-corrected chi connectivity index (χ2v) is 8.68. The largest absolute Gasteiger partial charge is 0.488 e. The number of hydrogen-bond donors (Lipinski definition) is 0. The first-order valence-corrected chi connectivity index (χ1v) is 11.0. The fraction of sp³-hybridized carbons (Fsp3) is 0.0435. The monoisotopic (exact) mass is 499 g/mol. The normalized spacial score (nSPS) is 15.1. The molecule has 3 aromatic carbocycles. The maximum Gasteiger partial charge on any atom is 0.298 e. The molecule has 0 saturated carbocycles. The van der Waals surface area contributed by atoms with Crippen LogP contribution in [0.4, 0.5) is 10.5 Å². The first-order chi connectivity index (χ1) is 14.5. The number of para-hydroxylation sites is 1. The number of carbonyl (C=O) groups is 2. The van der Waals surface area contributed by atoms with Gasteiger partial charge in [-0.1, -0.05) is 54.1 Å². The van der Waals surface area contributed by atoms with Crippen LogP contribution < -0.4 is 9.64 Å². The summed E-state index contributed by atoms with van der Waals surface area (Å²) in [6.07, 6.45) is 1.70. The molecule has 30 heavy (non-hydrogen) atoms. The van der Waals surface area contributed by atoms with Crippen LogP contribution in [0.25, 0.3) is 6.08 Å². The molecule has 0 atom stereocenters. The zero-order chi connectivity index (χ0) is 21.1. The molecule has 0 N–H and O–H groups in total. The van der Waals surface area contributed by atoms with E-state index in [1.165, 1.54) is 4.90 Å². The summed E-state index contributed by atoms with van der Waals surface area (Å²) < 4.78 is 6.60. The number of ether oxygens (including phenoxy) is 1. The number of halogens is 2. The van der Waals surface area contributed by atoms with Crippen molar-refractivity contribution in [3.8, 4) is 5.75 Å². The molecule has 7 heteroatoms. The van der Waals surface area contributed by atoms with E-state index < -0.39 is 0 Å². The summed E-state index contributed by atoms with van der Waals surface area (Å²) in [5.74, 6) is 0.329. The van der Waals surface area contributed by atoms with Crippen LogP contribution in [-0.2, 0) is 11.4 Å². The van der Waals surface area contributed by atoms with Crippen LogP contribution in [0.15, 0.2) is 82.2 Å². The second kappa shape index (κ2) is 9.08. The lowest BCUT2D eigenvalue weighted by atomic mass is 10.2. The number of rotatable bonds is 5. The molecule has 3 aromatic rings. The summed E-state index contributed by atoms with van der Waals surface area (Å²) >= 11 is 10.6. The SMILES string of the molecule is O=C1S/C(=C\c2ccc(OCc3ccccc3Cl)c(Br)c2)C(=O)N1c1ccccc1. The average Bonchev–Trinajstić information content (AvgIpc) is 3.02. The molecule has 1 heterocycles.